The summed E-state index contributed by atoms with van der Waals surface area (Å²) in [7, 11) is 0. The van der Waals surface area contributed by atoms with E-state index in [1.165, 1.54) is 23.5 Å². The van der Waals surface area contributed by atoms with Crippen LogP contribution in [0.4, 0.5) is 4.39 Å². The van der Waals surface area contributed by atoms with Gasteiger partial charge in [0.2, 0.25) is 0 Å². The first kappa shape index (κ1) is 17.2. The van der Waals surface area contributed by atoms with Crippen molar-refractivity contribution in [1.29, 1.82) is 0 Å². The van der Waals surface area contributed by atoms with Gasteiger partial charge in [-0.2, -0.15) is 0 Å². The molecule has 0 bridgehead atoms. The minimum absolute atomic E-state index is 0.254. The fourth-order valence-corrected chi connectivity index (χ4v) is 3.37. The van der Waals surface area contributed by atoms with Gasteiger partial charge in [-0.25, -0.2) is 9.18 Å². The molecule has 1 heterocycles. The largest absolute Gasteiger partial charge is 0.490 e. The summed E-state index contributed by atoms with van der Waals surface area (Å²) >= 11 is 1.35. The Morgan fingerprint density at radius 3 is 2.52 bits per heavy atom. The molecule has 0 saturated heterocycles. The van der Waals surface area contributed by atoms with Gasteiger partial charge in [0.05, 0.1) is 6.61 Å². The monoisotopic (exact) mass is 360 g/mol. The van der Waals surface area contributed by atoms with Crippen LogP contribution in [0.5, 0.6) is 11.5 Å². The molecule has 0 radical (unpaired) electrons. The summed E-state index contributed by atoms with van der Waals surface area (Å²) in [5.74, 6) is 0.373. The highest BCUT2D eigenvalue weighted by Gasteiger charge is 2.20. The summed E-state index contributed by atoms with van der Waals surface area (Å²) in [5.41, 5.74) is 0. The van der Waals surface area contributed by atoms with Gasteiger partial charge < -0.3 is 14.2 Å². The van der Waals surface area contributed by atoms with Crippen molar-refractivity contribution in [1.82, 2.24) is 0 Å². The SMILES string of the molecule is CCOC(=O)c1sc2ccccc2c1OCCOc1ccc(F)cc1. The number of carbonyl (C=O) groups is 1. The smallest absolute Gasteiger partial charge is 0.352 e. The summed E-state index contributed by atoms with van der Waals surface area (Å²) in [4.78, 5) is 12.6. The first-order valence-electron chi connectivity index (χ1n) is 7.89. The summed E-state index contributed by atoms with van der Waals surface area (Å²) in [6.45, 7) is 2.60. The van der Waals surface area contributed by atoms with Crippen LogP contribution in [0.3, 0.4) is 0 Å². The Hall–Kier alpha value is -2.60. The summed E-state index contributed by atoms with van der Waals surface area (Å²) in [5, 5.41) is 0.873. The average Bonchev–Trinajstić information content (AvgIpc) is 2.99. The molecule has 0 fully saturated rings. The van der Waals surface area contributed by atoms with E-state index in [9.17, 15) is 9.18 Å². The zero-order valence-corrected chi connectivity index (χ0v) is 14.5. The van der Waals surface area contributed by atoms with Crippen molar-refractivity contribution in [3.8, 4) is 11.5 Å². The van der Waals surface area contributed by atoms with Gasteiger partial charge in [-0.1, -0.05) is 12.1 Å². The Labute approximate surface area is 148 Å². The van der Waals surface area contributed by atoms with Crippen LogP contribution in [0.1, 0.15) is 16.6 Å². The number of benzene rings is 2. The number of fused-ring (bicyclic) bond motifs is 1. The number of hydrogen-bond donors (Lipinski definition) is 0. The highest BCUT2D eigenvalue weighted by Crippen LogP contribution is 2.38. The number of thiophene rings is 1. The Morgan fingerprint density at radius 2 is 1.76 bits per heavy atom. The van der Waals surface area contributed by atoms with Crippen molar-refractivity contribution in [2.75, 3.05) is 19.8 Å². The highest BCUT2D eigenvalue weighted by molar-refractivity contribution is 7.21. The van der Waals surface area contributed by atoms with E-state index in [4.69, 9.17) is 14.2 Å². The number of carbonyl (C=O) groups excluding carboxylic acids is 1. The van der Waals surface area contributed by atoms with Gasteiger partial charge in [-0.3, -0.25) is 0 Å². The predicted octanol–water partition coefficient (Wildman–Crippen LogP) is 4.67. The third-order valence-electron chi connectivity index (χ3n) is 3.42. The number of halogens is 1. The molecule has 25 heavy (non-hydrogen) atoms. The number of hydrogen-bond acceptors (Lipinski definition) is 5. The van der Waals surface area contributed by atoms with E-state index in [0.29, 0.717) is 23.0 Å². The van der Waals surface area contributed by atoms with Crippen LogP contribution in [0.15, 0.2) is 48.5 Å². The molecule has 3 aromatic rings. The Kier molecular flexibility index (Phi) is 5.50. The van der Waals surface area contributed by atoms with Crippen molar-refractivity contribution in [2.24, 2.45) is 0 Å². The maximum Gasteiger partial charge on any atom is 0.352 e. The predicted molar refractivity (Wildman–Crippen MR) is 95.2 cm³/mol. The molecule has 0 aliphatic carbocycles. The van der Waals surface area contributed by atoms with E-state index in [0.717, 1.165) is 10.1 Å². The maximum atomic E-state index is 12.9. The molecule has 0 saturated carbocycles. The van der Waals surface area contributed by atoms with Crippen LogP contribution < -0.4 is 9.47 Å². The van der Waals surface area contributed by atoms with Crippen molar-refractivity contribution in [3.63, 3.8) is 0 Å². The fourth-order valence-electron chi connectivity index (χ4n) is 2.33. The van der Waals surface area contributed by atoms with Gasteiger partial charge in [0.1, 0.15) is 24.8 Å². The molecular formula is C19H17FO4S. The minimum atomic E-state index is -0.391. The maximum absolute atomic E-state index is 12.9. The lowest BCUT2D eigenvalue weighted by molar-refractivity contribution is 0.0527. The summed E-state index contributed by atoms with van der Waals surface area (Å²) < 4.78 is 30.3. The third-order valence-corrected chi connectivity index (χ3v) is 4.55. The van der Waals surface area contributed by atoms with E-state index in [-0.39, 0.29) is 19.0 Å². The van der Waals surface area contributed by atoms with Gasteiger partial charge in [0.25, 0.3) is 0 Å². The van der Waals surface area contributed by atoms with Crippen LogP contribution in [-0.4, -0.2) is 25.8 Å². The van der Waals surface area contributed by atoms with E-state index in [1.54, 1.807) is 19.1 Å². The highest BCUT2D eigenvalue weighted by atomic mass is 32.1. The second kappa shape index (κ2) is 7.98. The third kappa shape index (κ3) is 4.09. The Balaban J connectivity index is 1.70. The quantitative estimate of drug-likeness (QED) is 0.453. The molecule has 0 aliphatic rings. The lowest BCUT2D eigenvalue weighted by Gasteiger charge is -2.09. The zero-order valence-electron chi connectivity index (χ0n) is 13.7. The molecule has 0 spiro atoms. The van der Waals surface area contributed by atoms with E-state index in [1.807, 2.05) is 24.3 Å². The van der Waals surface area contributed by atoms with Gasteiger partial charge in [0.15, 0.2) is 10.6 Å². The number of ether oxygens (including phenoxy) is 3. The molecule has 0 atom stereocenters. The molecule has 0 aliphatic heterocycles. The average molecular weight is 360 g/mol. The fraction of sp³-hybridized carbons (Fsp3) is 0.211. The van der Waals surface area contributed by atoms with Crippen molar-refractivity contribution < 1.29 is 23.4 Å². The van der Waals surface area contributed by atoms with Gasteiger partial charge in [-0.05, 0) is 43.3 Å². The molecular weight excluding hydrogens is 343 g/mol. The molecule has 4 nitrogen and oxygen atoms in total. The zero-order chi connectivity index (χ0) is 17.6. The first-order valence-corrected chi connectivity index (χ1v) is 8.70. The van der Waals surface area contributed by atoms with E-state index < -0.39 is 5.97 Å². The Bertz CT molecular complexity index is 857. The second-order valence-corrected chi connectivity index (χ2v) is 6.18. The Morgan fingerprint density at radius 1 is 1.04 bits per heavy atom. The molecule has 1 aromatic heterocycles. The van der Waals surface area contributed by atoms with Gasteiger partial charge in [-0.15, -0.1) is 11.3 Å². The lowest BCUT2D eigenvalue weighted by Crippen LogP contribution is -2.11. The van der Waals surface area contributed by atoms with Crippen molar-refractivity contribution in [3.05, 3.63) is 59.2 Å². The van der Waals surface area contributed by atoms with Crippen LogP contribution >= 0.6 is 11.3 Å². The minimum Gasteiger partial charge on any atom is -0.490 e. The number of rotatable bonds is 7. The normalized spacial score (nSPS) is 10.6. The molecule has 0 amide bonds. The number of esters is 1. The first-order chi connectivity index (χ1) is 12.2. The van der Waals surface area contributed by atoms with E-state index in [2.05, 4.69) is 0 Å². The van der Waals surface area contributed by atoms with Crippen LogP contribution in [-0.2, 0) is 4.74 Å². The standard InChI is InChI=1S/C19H17FO4S/c1-2-22-19(21)18-17(15-5-3-4-6-16(15)25-18)24-12-11-23-14-9-7-13(20)8-10-14/h3-10H,2,11-12H2,1H3. The molecule has 130 valence electrons. The van der Waals surface area contributed by atoms with Gasteiger partial charge >= 0.3 is 5.97 Å². The van der Waals surface area contributed by atoms with Crippen LogP contribution in [0, 0.1) is 5.82 Å². The lowest BCUT2D eigenvalue weighted by atomic mass is 10.2. The van der Waals surface area contributed by atoms with Crippen molar-refractivity contribution >= 4 is 27.4 Å². The topological polar surface area (TPSA) is 44.8 Å². The van der Waals surface area contributed by atoms with Crippen molar-refractivity contribution in [2.45, 2.75) is 6.92 Å². The summed E-state index contributed by atoms with van der Waals surface area (Å²) in [6, 6.07) is 13.4. The molecule has 3 rings (SSSR count). The van der Waals surface area contributed by atoms with Crippen LogP contribution in [0.25, 0.3) is 10.1 Å². The molecule has 2 aromatic carbocycles. The molecule has 0 N–H and O–H groups in total. The van der Waals surface area contributed by atoms with E-state index >= 15 is 0 Å². The van der Waals surface area contributed by atoms with Gasteiger partial charge in [0, 0.05) is 10.1 Å². The molecule has 0 unspecified atom stereocenters. The second-order valence-electron chi connectivity index (χ2n) is 5.13. The van der Waals surface area contributed by atoms with Crippen LogP contribution in [0.2, 0.25) is 0 Å². The molecule has 6 heteroatoms. The summed E-state index contributed by atoms with van der Waals surface area (Å²) in [6.07, 6.45) is 0.